The van der Waals surface area contributed by atoms with Gasteiger partial charge in [-0.15, -0.1) is 0 Å². The molecular formula is C15H18N2. The minimum atomic E-state index is 0.183. The van der Waals surface area contributed by atoms with Gasteiger partial charge in [0, 0.05) is 12.5 Å². The van der Waals surface area contributed by atoms with E-state index in [2.05, 4.69) is 43.1 Å². The second-order valence-corrected chi connectivity index (χ2v) is 4.44. The van der Waals surface area contributed by atoms with E-state index >= 15 is 0 Å². The molecule has 0 bridgehead atoms. The van der Waals surface area contributed by atoms with E-state index in [0.717, 1.165) is 17.8 Å². The van der Waals surface area contributed by atoms with Gasteiger partial charge in [0.15, 0.2) is 0 Å². The van der Waals surface area contributed by atoms with Gasteiger partial charge in [-0.25, -0.2) is 0 Å². The van der Waals surface area contributed by atoms with Crippen molar-refractivity contribution in [3.63, 3.8) is 0 Å². The Labute approximate surface area is 103 Å². The summed E-state index contributed by atoms with van der Waals surface area (Å²) in [4.78, 5) is 9.37. The van der Waals surface area contributed by atoms with Crippen molar-refractivity contribution in [2.24, 2.45) is 9.98 Å². The Bertz CT molecular complexity index is 434. The number of rotatable bonds is 2. The van der Waals surface area contributed by atoms with E-state index in [4.69, 9.17) is 4.99 Å². The Morgan fingerprint density at radius 2 is 1.88 bits per heavy atom. The Hall–Kier alpha value is -1.70. The van der Waals surface area contributed by atoms with E-state index in [0.29, 0.717) is 6.04 Å². The molecule has 2 nitrogen and oxygen atoms in total. The van der Waals surface area contributed by atoms with Crippen molar-refractivity contribution in [2.75, 3.05) is 0 Å². The smallest absolute Gasteiger partial charge is 0.0871 e. The molecule has 0 heterocycles. The van der Waals surface area contributed by atoms with Crippen LogP contribution in [-0.4, -0.2) is 23.5 Å². The standard InChI is InChI=1S/C15H18N2/c1-12(2)16-14-10-4-3-5-11-15(14)17-13-8-6-7-9-13/h3-10,12-13H,11H2,1-2H3. The first kappa shape index (κ1) is 11.8. The van der Waals surface area contributed by atoms with Crippen LogP contribution in [0.3, 0.4) is 0 Å². The normalized spacial score (nSPS) is 24.4. The number of hydrogen-bond acceptors (Lipinski definition) is 2. The van der Waals surface area contributed by atoms with Gasteiger partial charge in [0.2, 0.25) is 0 Å². The van der Waals surface area contributed by atoms with Crippen LogP contribution in [0.2, 0.25) is 0 Å². The lowest BCUT2D eigenvalue weighted by Gasteiger charge is -2.08. The predicted octanol–water partition coefficient (Wildman–Crippen LogP) is 3.29. The molecule has 0 amide bonds. The van der Waals surface area contributed by atoms with Crippen molar-refractivity contribution >= 4 is 11.4 Å². The van der Waals surface area contributed by atoms with Gasteiger partial charge in [-0.1, -0.05) is 42.5 Å². The summed E-state index contributed by atoms with van der Waals surface area (Å²) in [5.41, 5.74) is 2.09. The molecule has 0 N–H and O–H groups in total. The molecule has 0 aromatic heterocycles. The molecule has 88 valence electrons. The minimum absolute atomic E-state index is 0.183. The summed E-state index contributed by atoms with van der Waals surface area (Å²) in [6, 6.07) is 0.481. The maximum Gasteiger partial charge on any atom is 0.0871 e. The highest BCUT2D eigenvalue weighted by atomic mass is 14.8. The third kappa shape index (κ3) is 3.38. The van der Waals surface area contributed by atoms with Crippen molar-refractivity contribution in [2.45, 2.75) is 32.4 Å². The Balaban J connectivity index is 2.27. The average Bonchev–Trinajstić information content (AvgIpc) is 2.69. The minimum Gasteiger partial charge on any atom is -0.281 e. The summed E-state index contributed by atoms with van der Waals surface area (Å²) in [6.45, 7) is 4.18. The van der Waals surface area contributed by atoms with E-state index in [9.17, 15) is 0 Å². The lowest BCUT2D eigenvalue weighted by Crippen LogP contribution is -2.15. The maximum atomic E-state index is 4.74. The molecule has 2 rings (SSSR count). The van der Waals surface area contributed by atoms with Gasteiger partial charge in [-0.2, -0.15) is 0 Å². The van der Waals surface area contributed by atoms with E-state index < -0.39 is 0 Å². The lowest BCUT2D eigenvalue weighted by atomic mass is 10.1. The summed E-state index contributed by atoms with van der Waals surface area (Å²) < 4.78 is 0. The molecule has 0 atom stereocenters. The summed E-state index contributed by atoms with van der Waals surface area (Å²) in [5.74, 6) is 0. The van der Waals surface area contributed by atoms with E-state index in [1.807, 2.05) is 24.3 Å². The van der Waals surface area contributed by atoms with Crippen LogP contribution in [-0.2, 0) is 0 Å². The molecule has 2 heteroatoms. The first-order valence-electron chi connectivity index (χ1n) is 6.09. The summed E-state index contributed by atoms with van der Waals surface area (Å²) >= 11 is 0. The van der Waals surface area contributed by atoms with Crippen LogP contribution in [0.1, 0.15) is 20.3 Å². The molecule has 2 aliphatic rings. The molecule has 2 aliphatic carbocycles. The van der Waals surface area contributed by atoms with Crippen LogP contribution in [0.4, 0.5) is 0 Å². The Morgan fingerprint density at radius 1 is 1.12 bits per heavy atom. The highest BCUT2D eigenvalue weighted by Crippen LogP contribution is 2.09. The zero-order valence-corrected chi connectivity index (χ0v) is 10.4. The van der Waals surface area contributed by atoms with Crippen LogP contribution in [0.25, 0.3) is 0 Å². The van der Waals surface area contributed by atoms with Gasteiger partial charge in [0.25, 0.3) is 0 Å². The molecule has 17 heavy (non-hydrogen) atoms. The van der Waals surface area contributed by atoms with Crippen molar-refractivity contribution in [1.29, 1.82) is 0 Å². The SMILES string of the molecule is CC(C)N=C1C=CC=CCC1=NC1C=CC=C1. The second kappa shape index (κ2) is 5.58. The molecule has 0 spiro atoms. The number of nitrogens with zero attached hydrogens (tertiary/aromatic N) is 2. The molecular weight excluding hydrogens is 208 g/mol. The van der Waals surface area contributed by atoms with Crippen LogP contribution in [0, 0.1) is 0 Å². The van der Waals surface area contributed by atoms with Gasteiger partial charge in [0.05, 0.1) is 17.5 Å². The highest BCUT2D eigenvalue weighted by molar-refractivity contribution is 6.47. The molecule has 0 aliphatic heterocycles. The Kier molecular flexibility index (Phi) is 3.86. The average molecular weight is 226 g/mol. The summed E-state index contributed by atoms with van der Waals surface area (Å²) in [5, 5.41) is 0. The topological polar surface area (TPSA) is 24.7 Å². The fraction of sp³-hybridized carbons (Fsp3) is 0.333. The molecule has 0 unspecified atom stereocenters. The molecule has 0 aromatic carbocycles. The van der Waals surface area contributed by atoms with Gasteiger partial charge in [0.1, 0.15) is 0 Å². The lowest BCUT2D eigenvalue weighted by molar-refractivity contribution is 0.838. The molecule has 0 saturated heterocycles. The summed E-state index contributed by atoms with van der Waals surface area (Å²) in [6.07, 6.45) is 17.4. The summed E-state index contributed by atoms with van der Waals surface area (Å²) in [7, 11) is 0. The van der Waals surface area contributed by atoms with Crippen molar-refractivity contribution in [1.82, 2.24) is 0 Å². The molecule has 0 radical (unpaired) electrons. The van der Waals surface area contributed by atoms with E-state index in [1.54, 1.807) is 0 Å². The van der Waals surface area contributed by atoms with Gasteiger partial charge in [-0.05, 0) is 19.9 Å². The van der Waals surface area contributed by atoms with Gasteiger partial charge in [-0.3, -0.25) is 9.98 Å². The molecule has 0 aromatic rings. The van der Waals surface area contributed by atoms with E-state index in [-0.39, 0.29) is 6.04 Å². The van der Waals surface area contributed by atoms with Gasteiger partial charge >= 0.3 is 0 Å². The predicted molar refractivity (Wildman–Crippen MR) is 75.0 cm³/mol. The van der Waals surface area contributed by atoms with Crippen molar-refractivity contribution in [3.05, 3.63) is 48.6 Å². The highest BCUT2D eigenvalue weighted by Gasteiger charge is 2.10. The fourth-order valence-electron chi connectivity index (χ4n) is 1.81. The third-order valence-corrected chi connectivity index (χ3v) is 2.54. The number of allylic oxidation sites excluding steroid dienone is 6. The van der Waals surface area contributed by atoms with Crippen molar-refractivity contribution < 1.29 is 0 Å². The third-order valence-electron chi connectivity index (χ3n) is 2.54. The van der Waals surface area contributed by atoms with Crippen LogP contribution in [0.15, 0.2) is 58.6 Å². The van der Waals surface area contributed by atoms with Crippen LogP contribution < -0.4 is 0 Å². The van der Waals surface area contributed by atoms with Crippen molar-refractivity contribution in [3.8, 4) is 0 Å². The quantitative estimate of drug-likeness (QED) is 0.690. The largest absolute Gasteiger partial charge is 0.281 e. The maximum absolute atomic E-state index is 4.74. The first-order chi connectivity index (χ1) is 8.25. The monoisotopic (exact) mass is 226 g/mol. The molecule has 0 fully saturated rings. The zero-order valence-electron chi connectivity index (χ0n) is 10.4. The van der Waals surface area contributed by atoms with Crippen LogP contribution in [0.5, 0.6) is 0 Å². The Morgan fingerprint density at radius 3 is 2.59 bits per heavy atom. The fourth-order valence-corrected chi connectivity index (χ4v) is 1.81. The van der Waals surface area contributed by atoms with Crippen LogP contribution >= 0.6 is 0 Å². The zero-order chi connectivity index (χ0) is 12.1. The van der Waals surface area contributed by atoms with Gasteiger partial charge < -0.3 is 0 Å². The first-order valence-corrected chi connectivity index (χ1v) is 6.09. The molecule has 0 saturated carbocycles. The number of hydrogen-bond donors (Lipinski definition) is 0. The number of aliphatic imine (C=N–C) groups is 2. The van der Waals surface area contributed by atoms with E-state index in [1.165, 1.54) is 0 Å². The second-order valence-electron chi connectivity index (χ2n) is 4.44.